The molecule has 1 heterocycles. The molecular weight excluding hydrogens is 250 g/mol. The van der Waals surface area contributed by atoms with Gasteiger partial charge in [-0.15, -0.1) is 10.2 Å². The Balaban J connectivity index is 1.70. The van der Waals surface area contributed by atoms with Gasteiger partial charge in [0, 0.05) is 13.5 Å². The Bertz CT molecular complexity index is 505. The van der Waals surface area contributed by atoms with E-state index in [1.807, 2.05) is 11.6 Å². The molecule has 2 aromatic rings. The van der Waals surface area contributed by atoms with Gasteiger partial charge in [0.05, 0.1) is 6.61 Å². The van der Waals surface area contributed by atoms with Crippen LogP contribution in [-0.4, -0.2) is 21.4 Å². The van der Waals surface area contributed by atoms with Gasteiger partial charge < -0.3 is 9.30 Å². The molecule has 4 nitrogen and oxygen atoms in total. The first-order valence-corrected chi connectivity index (χ1v) is 7.34. The maximum Gasteiger partial charge on any atom is 0.132 e. The molecule has 0 spiro atoms. The average molecular weight is 273 g/mol. The maximum absolute atomic E-state index is 5.58. The van der Waals surface area contributed by atoms with Gasteiger partial charge >= 0.3 is 0 Å². The molecule has 0 amide bonds. The van der Waals surface area contributed by atoms with Crippen LogP contribution in [0.2, 0.25) is 0 Å². The van der Waals surface area contributed by atoms with Crippen LogP contribution in [0, 0.1) is 0 Å². The lowest BCUT2D eigenvalue weighted by molar-refractivity contribution is 0.317. The van der Waals surface area contributed by atoms with Crippen LogP contribution in [0.3, 0.4) is 0 Å². The van der Waals surface area contributed by atoms with Crippen LogP contribution in [-0.2, 0) is 19.9 Å². The van der Waals surface area contributed by atoms with E-state index in [4.69, 9.17) is 4.74 Å². The van der Waals surface area contributed by atoms with Gasteiger partial charge in [0.2, 0.25) is 0 Å². The molecule has 20 heavy (non-hydrogen) atoms. The third kappa shape index (κ3) is 4.37. The number of hydrogen-bond acceptors (Lipinski definition) is 3. The van der Waals surface area contributed by atoms with Gasteiger partial charge in [-0.05, 0) is 43.4 Å². The molecule has 4 heteroatoms. The highest BCUT2D eigenvalue weighted by Gasteiger charge is 2.01. The maximum atomic E-state index is 5.58. The van der Waals surface area contributed by atoms with E-state index in [-0.39, 0.29) is 0 Å². The molecule has 0 unspecified atom stereocenters. The summed E-state index contributed by atoms with van der Waals surface area (Å²) in [6.45, 7) is 2.91. The van der Waals surface area contributed by atoms with Gasteiger partial charge in [-0.2, -0.15) is 0 Å². The summed E-state index contributed by atoms with van der Waals surface area (Å²) in [7, 11) is 1.99. The second kappa shape index (κ2) is 7.68. The van der Waals surface area contributed by atoms with E-state index in [9.17, 15) is 0 Å². The summed E-state index contributed by atoms with van der Waals surface area (Å²) in [6, 6.07) is 8.45. The summed E-state index contributed by atoms with van der Waals surface area (Å²) in [4.78, 5) is 0. The Morgan fingerprint density at radius 1 is 1.10 bits per heavy atom. The minimum absolute atomic E-state index is 0.789. The minimum Gasteiger partial charge on any atom is -0.494 e. The fraction of sp³-hybridized carbons (Fsp3) is 0.500. The van der Waals surface area contributed by atoms with E-state index >= 15 is 0 Å². The number of hydrogen-bond donors (Lipinski definition) is 0. The first-order chi connectivity index (χ1) is 9.79. The molecule has 0 N–H and O–H groups in total. The zero-order chi connectivity index (χ0) is 14.2. The first-order valence-electron chi connectivity index (χ1n) is 7.34. The van der Waals surface area contributed by atoms with Gasteiger partial charge in [-0.1, -0.05) is 19.1 Å². The van der Waals surface area contributed by atoms with Gasteiger partial charge in [0.1, 0.15) is 17.9 Å². The predicted octanol–water partition coefficient (Wildman–Crippen LogP) is 3.17. The average Bonchev–Trinajstić information content (AvgIpc) is 2.88. The number of ether oxygens (including phenoxy) is 1. The van der Waals surface area contributed by atoms with E-state index in [0.29, 0.717) is 0 Å². The Morgan fingerprint density at radius 3 is 2.50 bits per heavy atom. The lowest BCUT2D eigenvalue weighted by atomic mass is 10.1. The summed E-state index contributed by atoms with van der Waals surface area (Å²) in [6.07, 6.45) is 7.21. The molecular formula is C16H23N3O. The van der Waals surface area contributed by atoms with Crippen molar-refractivity contribution in [2.75, 3.05) is 6.61 Å². The smallest absolute Gasteiger partial charge is 0.132 e. The van der Waals surface area contributed by atoms with Crippen LogP contribution in [0.5, 0.6) is 5.75 Å². The van der Waals surface area contributed by atoms with Gasteiger partial charge in [0.25, 0.3) is 0 Å². The fourth-order valence-corrected chi connectivity index (χ4v) is 2.12. The number of benzene rings is 1. The van der Waals surface area contributed by atoms with E-state index in [1.165, 1.54) is 12.0 Å². The summed E-state index contributed by atoms with van der Waals surface area (Å²) < 4.78 is 7.57. The Hall–Kier alpha value is -1.84. The largest absolute Gasteiger partial charge is 0.494 e. The van der Waals surface area contributed by atoms with Crippen LogP contribution in [0.25, 0.3) is 0 Å². The van der Waals surface area contributed by atoms with Crippen LogP contribution in [0.4, 0.5) is 0 Å². The molecule has 108 valence electrons. The number of unbranched alkanes of at least 4 members (excludes halogenated alkanes) is 1. The van der Waals surface area contributed by atoms with Crippen LogP contribution in [0.1, 0.15) is 37.6 Å². The molecule has 0 radical (unpaired) electrons. The second-order valence-corrected chi connectivity index (χ2v) is 5.06. The molecule has 0 aliphatic carbocycles. The number of aryl methyl sites for hydroxylation is 3. The van der Waals surface area contributed by atoms with Crippen LogP contribution in [0.15, 0.2) is 30.6 Å². The third-order valence-electron chi connectivity index (χ3n) is 3.32. The van der Waals surface area contributed by atoms with E-state index in [1.54, 1.807) is 6.33 Å². The van der Waals surface area contributed by atoms with E-state index in [0.717, 1.165) is 43.9 Å². The first kappa shape index (κ1) is 14.6. The number of nitrogens with zero attached hydrogens (tertiary/aromatic N) is 3. The molecule has 1 aromatic heterocycles. The molecule has 0 fully saturated rings. The zero-order valence-electron chi connectivity index (χ0n) is 12.4. The summed E-state index contributed by atoms with van der Waals surface area (Å²) in [5, 5.41) is 7.99. The minimum atomic E-state index is 0.789. The number of aromatic nitrogens is 3. The van der Waals surface area contributed by atoms with Gasteiger partial charge in [-0.3, -0.25) is 0 Å². The van der Waals surface area contributed by atoms with Crippen LogP contribution < -0.4 is 4.74 Å². The molecule has 0 atom stereocenters. The third-order valence-corrected chi connectivity index (χ3v) is 3.32. The molecule has 2 rings (SSSR count). The molecule has 0 aliphatic rings. The molecule has 0 aliphatic heterocycles. The molecule has 0 saturated heterocycles. The van der Waals surface area contributed by atoms with E-state index < -0.39 is 0 Å². The van der Waals surface area contributed by atoms with E-state index in [2.05, 4.69) is 41.4 Å². The molecule has 1 aromatic carbocycles. The van der Waals surface area contributed by atoms with Crippen molar-refractivity contribution in [1.29, 1.82) is 0 Å². The Labute approximate surface area is 120 Å². The molecule has 0 bridgehead atoms. The van der Waals surface area contributed by atoms with Crippen molar-refractivity contribution in [2.45, 2.75) is 39.0 Å². The van der Waals surface area contributed by atoms with Gasteiger partial charge in [0.15, 0.2) is 0 Å². The van der Waals surface area contributed by atoms with Crippen molar-refractivity contribution in [3.05, 3.63) is 42.0 Å². The second-order valence-electron chi connectivity index (χ2n) is 5.06. The van der Waals surface area contributed by atoms with Crippen molar-refractivity contribution >= 4 is 0 Å². The highest BCUT2D eigenvalue weighted by molar-refractivity contribution is 5.27. The normalized spacial score (nSPS) is 10.7. The topological polar surface area (TPSA) is 39.9 Å². The zero-order valence-corrected chi connectivity index (χ0v) is 12.4. The predicted molar refractivity (Wildman–Crippen MR) is 79.9 cm³/mol. The quantitative estimate of drug-likeness (QED) is 0.694. The van der Waals surface area contributed by atoms with Crippen LogP contribution >= 0.6 is 0 Å². The Kier molecular flexibility index (Phi) is 5.59. The molecule has 0 saturated carbocycles. The Morgan fingerprint density at radius 2 is 1.85 bits per heavy atom. The van der Waals surface area contributed by atoms with Gasteiger partial charge in [-0.25, -0.2) is 0 Å². The van der Waals surface area contributed by atoms with Crippen molar-refractivity contribution in [3.63, 3.8) is 0 Å². The lowest BCUT2D eigenvalue weighted by Gasteiger charge is -2.06. The lowest BCUT2D eigenvalue weighted by Crippen LogP contribution is -1.98. The van der Waals surface area contributed by atoms with Crippen molar-refractivity contribution in [1.82, 2.24) is 14.8 Å². The van der Waals surface area contributed by atoms with Crippen molar-refractivity contribution in [3.8, 4) is 5.75 Å². The summed E-state index contributed by atoms with van der Waals surface area (Å²) in [5.74, 6) is 2.03. The van der Waals surface area contributed by atoms with Crippen molar-refractivity contribution < 1.29 is 4.74 Å². The fourth-order valence-electron chi connectivity index (χ4n) is 2.12. The highest BCUT2D eigenvalue weighted by Crippen LogP contribution is 2.14. The summed E-state index contributed by atoms with van der Waals surface area (Å²) >= 11 is 0. The summed E-state index contributed by atoms with van der Waals surface area (Å²) in [5.41, 5.74) is 1.37. The SMILES string of the molecule is CCCOc1ccc(CCCCc2nncn2C)cc1. The monoisotopic (exact) mass is 273 g/mol. The number of rotatable bonds is 8. The van der Waals surface area contributed by atoms with Crippen molar-refractivity contribution in [2.24, 2.45) is 7.05 Å². The standard InChI is InChI=1S/C16H23N3O/c1-3-12-20-15-10-8-14(9-11-15)6-4-5-7-16-18-17-13-19(16)2/h8-11,13H,3-7,12H2,1-2H3. The highest BCUT2D eigenvalue weighted by atomic mass is 16.5.